The molecule has 5 nitrogen and oxygen atoms in total. The highest BCUT2D eigenvalue weighted by Gasteiger charge is 2.40. The van der Waals surface area contributed by atoms with Crippen LogP contribution in [0, 0.1) is 0 Å². The van der Waals surface area contributed by atoms with Gasteiger partial charge in [-0.15, -0.1) is 0 Å². The number of hydrogen-bond donors (Lipinski definition) is 2. The Balaban J connectivity index is 1.30. The summed E-state index contributed by atoms with van der Waals surface area (Å²) in [6.07, 6.45) is 3.66. The van der Waals surface area contributed by atoms with Crippen LogP contribution in [0.15, 0.2) is 84.9 Å². The van der Waals surface area contributed by atoms with Gasteiger partial charge in [-0.2, -0.15) is 0 Å². The summed E-state index contributed by atoms with van der Waals surface area (Å²) in [6, 6.07) is 28.2. The molecule has 1 saturated heterocycles. The highest BCUT2D eigenvalue weighted by Crippen LogP contribution is 2.37. The lowest BCUT2D eigenvalue weighted by Crippen LogP contribution is -2.63. The first-order valence-electron chi connectivity index (χ1n) is 13.6. The van der Waals surface area contributed by atoms with Crippen LogP contribution in [-0.2, 0) is 29.0 Å². The third kappa shape index (κ3) is 4.59. The zero-order valence-electron chi connectivity index (χ0n) is 21.5. The number of nitrogens with zero attached hydrogens (tertiary/aromatic N) is 1. The summed E-state index contributed by atoms with van der Waals surface area (Å²) in [4.78, 5) is 29.2. The lowest BCUT2D eigenvalue weighted by Gasteiger charge is -2.39. The van der Waals surface area contributed by atoms with Crippen LogP contribution in [0.1, 0.15) is 41.5 Å². The molecular weight excluding hydrogens is 470 g/mol. The fourth-order valence-corrected chi connectivity index (χ4v) is 6.08. The van der Waals surface area contributed by atoms with Crippen LogP contribution in [0.5, 0.6) is 0 Å². The number of rotatable bonds is 8. The summed E-state index contributed by atoms with van der Waals surface area (Å²) in [5.41, 5.74) is 13.0. The Morgan fingerprint density at radius 3 is 2.53 bits per heavy atom. The number of amides is 2. The molecule has 0 radical (unpaired) electrons. The third-order valence-electron chi connectivity index (χ3n) is 8.03. The molecule has 0 spiro atoms. The summed E-state index contributed by atoms with van der Waals surface area (Å²) < 4.78 is 0. The molecule has 2 aliphatic rings. The van der Waals surface area contributed by atoms with Crippen molar-refractivity contribution in [1.82, 2.24) is 10.2 Å². The van der Waals surface area contributed by atoms with Gasteiger partial charge in [0.1, 0.15) is 12.1 Å². The quantitative estimate of drug-likeness (QED) is 0.293. The summed E-state index contributed by atoms with van der Waals surface area (Å²) in [7, 11) is 0. The Morgan fingerprint density at radius 2 is 1.63 bits per heavy atom. The number of carbonyl (C=O) groups excluding carboxylic acids is 2. The number of unbranched alkanes of at least 4 members (excludes halogenated alkanes) is 1. The first-order chi connectivity index (χ1) is 18.6. The molecule has 0 saturated carbocycles. The molecule has 192 valence electrons. The zero-order chi connectivity index (χ0) is 26.1. The molecule has 2 amide bonds. The molecule has 38 heavy (non-hydrogen) atoms. The van der Waals surface area contributed by atoms with Gasteiger partial charge in [-0.25, -0.2) is 0 Å². The second-order valence-electron chi connectivity index (χ2n) is 10.5. The molecule has 3 N–H and O–H groups in total. The Bertz CT molecular complexity index is 1510. The Morgan fingerprint density at radius 1 is 0.842 bits per heavy atom. The Hall–Kier alpha value is -3.96. The fourth-order valence-electron chi connectivity index (χ4n) is 6.08. The Labute approximate surface area is 223 Å². The predicted molar refractivity (Wildman–Crippen MR) is 152 cm³/mol. The van der Waals surface area contributed by atoms with E-state index in [9.17, 15) is 9.59 Å². The van der Waals surface area contributed by atoms with E-state index in [1.807, 2.05) is 23.1 Å². The topological polar surface area (TPSA) is 75.4 Å². The van der Waals surface area contributed by atoms with Crippen molar-refractivity contribution in [3.63, 3.8) is 0 Å². The second kappa shape index (κ2) is 10.4. The van der Waals surface area contributed by atoms with E-state index in [2.05, 4.69) is 72.0 Å². The molecular formula is C33H33N3O2. The highest BCUT2D eigenvalue weighted by atomic mass is 16.2. The zero-order valence-corrected chi connectivity index (χ0v) is 21.5. The molecule has 1 aliphatic carbocycles. The minimum Gasteiger partial charge on any atom is -0.342 e. The normalized spacial score (nSPS) is 18.4. The maximum atomic E-state index is 14.0. The number of nitrogens with two attached hydrogens (primary N) is 1. The average Bonchev–Trinajstić information content (AvgIpc) is 3.31. The summed E-state index contributed by atoms with van der Waals surface area (Å²) in [6.45, 7) is 0.997. The number of piperazine rings is 1. The monoisotopic (exact) mass is 503 g/mol. The van der Waals surface area contributed by atoms with Gasteiger partial charge in [0.2, 0.25) is 11.8 Å². The fraction of sp³-hybridized carbons (Fsp3) is 0.273. The minimum absolute atomic E-state index is 0.0174. The number of nitrogens with one attached hydrogen (secondary N) is 1. The first kappa shape index (κ1) is 24.4. The lowest BCUT2D eigenvalue weighted by atomic mass is 9.94. The van der Waals surface area contributed by atoms with Gasteiger partial charge in [-0.3, -0.25) is 9.59 Å². The van der Waals surface area contributed by atoms with Gasteiger partial charge in [0.25, 0.3) is 0 Å². The van der Waals surface area contributed by atoms with Gasteiger partial charge in [0.15, 0.2) is 0 Å². The van der Waals surface area contributed by atoms with Crippen LogP contribution in [0.3, 0.4) is 0 Å². The van der Waals surface area contributed by atoms with E-state index < -0.39 is 12.1 Å². The van der Waals surface area contributed by atoms with Crippen molar-refractivity contribution in [2.24, 2.45) is 5.73 Å². The van der Waals surface area contributed by atoms with Crippen LogP contribution in [-0.4, -0.2) is 35.3 Å². The molecule has 1 heterocycles. The maximum Gasteiger partial charge on any atom is 0.246 e. The van der Waals surface area contributed by atoms with E-state index in [4.69, 9.17) is 5.73 Å². The van der Waals surface area contributed by atoms with Crippen molar-refractivity contribution >= 4 is 22.6 Å². The van der Waals surface area contributed by atoms with E-state index >= 15 is 0 Å². The smallest absolute Gasteiger partial charge is 0.246 e. The van der Waals surface area contributed by atoms with Crippen LogP contribution in [0.25, 0.3) is 21.9 Å². The third-order valence-corrected chi connectivity index (χ3v) is 8.03. The van der Waals surface area contributed by atoms with Gasteiger partial charge in [0, 0.05) is 13.0 Å². The molecule has 2 atom stereocenters. The van der Waals surface area contributed by atoms with E-state index in [1.165, 1.54) is 22.3 Å². The van der Waals surface area contributed by atoms with Crippen molar-refractivity contribution in [2.75, 3.05) is 6.54 Å². The molecule has 0 bridgehead atoms. The van der Waals surface area contributed by atoms with Gasteiger partial charge >= 0.3 is 0 Å². The molecule has 1 fully saturated rings. The molecule has 6 rings (SSSR count). The highest BCUT2D eigenvalue weighted by molar-refractivity contribution is 5.97. The van der Waals surface area contributed by atoms with Crippen molar-refractivity contribution in [3.8, 4) is 11.1 Å². The maximum absolute atomic E-state index is 14.0. The number of fused-ring (bicyclic) bond motifs is 4. The van der Waals surface area contributed by atoms with Crippen molar-refractivity contribution < 1.29 is 9.59 Å². The molecule has 1 aliphatic heterocycles. The number of carbonyl (C=O) groups is 2. The van der Waals surface area contributed by atoms with E-state index in [0.29, 0.717) is 25.9 Å². The van der Waals surface area contributed by atoms with E-state index in [0.717, 1.165) is 41.2 Å². The largest absolute Gasteiger partial charge is 0.342 e. The van der Waals surface area contributed by atoms with Crippen LogP contribution in [0.2, 0.25) is 0 Å². The van der Waals surface area contributed by atoms with E-state index in [-0.39, 0.29) is 11.8 Å². The Kier molecular flexibility index (Phi) is 6.69. The molecule has 5 heteroatoms. The summed E-state index contributed by atoms with van der Waals surface area (Å²) >= 11 is 0. The minimum atomic E-state index is -0.589. The van der Waals surface area contributed by atoms with Crippen LogP contribution < -0.4 is 11.1 Å². The lowest BCUT2D eigenvalue weighted by molar-refractivity contribution is -0.150. The van der Waals surface area contributed by atoms with Gasteiger partial charge < -0.3 is 16.0 Å². The van der Waals surface area contributed by atoms with Crippen LogP contribution in [0.4, 0.5) is 0 Å². The summed E-state index contributed by atoms with van der Waals surface area (Å²) in [5, 5.41) is 5.32. The molecule has 4 aromatic rings. The van der Waals surface area contributed by atoms with Crippen molar-refractivity contribution in [1.29, 1.82) is 0 Å². The molecule has 4 aromatic carbocycles. The summed E-state index contributed by atoms with van der Waals surface area (Å²) in [5.74, 6) is -0.0884. The second-order valence-corrected chi connectivity index (χ2v) is 10.5. The van der Waals surface area contributed by atoms with Gasteiger partial charge in [-0.05, 0) is 82.4 Å². The van der Waals surface area contributed by atoms with E-state index in [1.54, 1.807) is 0 Å². The van der Waals surface area contributed by atoms with Crippen molar-refractivity contribution in [2.45, 2.75) is 50.7 Å². The molecule has 2 unspecified atom stereocenters. The first-order valence-corrected chi connectivity index (χ1v) is 13.6. The van der Waals surface area contributed by atoms with Gasteiger partial charge in [-0.1, -0.05) is 78.9 Å². The molecule has 0 aromatic heterocycles. The van der Waals surface area contributed by atoms with Crippen molar-refractivity contribution in [3.05, 3.63) is 107 Å². The van der Waals surface area contributed by atoms with Crippen LogP contribution >= 0.6 is 0 Å². The average molecular weight is 504 g/mol. The number of hydrogen-bond acceptors (Lipinski definition) is 3. The predicted octanol–water partition coefficient (Wildman–Crippen LogP) is 4.98. The van der Waals surface area contributed by atoms with Gasteiger partial charge in [0.05, 0.1) is 0 Å². The standard InChI is InChI=1S/C33H33N3O2/c34-17-6-5-14-31-32(37)35-30(20-25-11-7-10-23-8-1-3-12-27(23)25)33(38)36(31)21-22-15-16-26-19-24-9-2-4-13-28(24)29(26)18-22/h1-4,7-13,15-16,18,30-31H,5-6,14,17,19-21,34H2,(H,35,37). The number of benzene rings is 4. The SMILES string of the molecule is NCCCCC1C(=O)NC(Cc2cccc3ccccc23)C(=O)N1Cc1ccc2c(c1)-c1ccccc1C2.